The Morgan fingerprint density at radius 2 is 1.81 bits per heavy atom. The van der Waals surface area contributed by atoms with Crippen molar-refractivity contribution in [1.29, 1.82) is 0 Å². The van der Waals surface area contributed by atoms with E-state index in [0.29, 0.717) is 17.2 Å². The first-order valence-electron chi connectivity index (χ1n) is 6.64. The lowest BCUT2D eigenvalue weighted by atomic mass is 9.86. The lowest BCUT2D eigenvalue weighted by Gasteiger charge is -2.25. The standard InChI is InChI=1S/C16H12O5/c17-10-2-4-13-12(6-10)11(7-16(18)21-13)9-1-3-14-15(5-9)20-8-19-14/h1-6,11,17H,7-8H2/t11-/m1/s1. The van der Waals surface area contributed by atoms with Gasteiger partial charge in [0.25, 0.3) is 0 Å². The Kier molecular flexibility index (Phi) is 2.54. The summed E-state index contributed by atoms with van der Waals surface area (Å²) in [6, 6.07) is 10.4. The first-order valence-corrected chi connectivity index (χ1v) is 6.64. The summed E-state index contributed by atoms with van der Waals surface area (Å²) in [5.41, 5.74) is 1.73. The molecule has 2 heterocycles. The van der Waals surface area contributed by atoms with Crippen LogP contribution in [0.1, 0.15) is 23.5 Å². The van der Waals surface area contributed by atoms with Crippen LogP contribution in [0.5, 0.6) is 23.0 Å². The summed E-state index contributed by atoms with van der Waals surface area (Å²) >= 11 is 0. The van der Waals surface area contributed by atoms with Gasteiger partial charge in [0.2, 0.25) is 6.79 Å². The SMILES string of the molecule is O=C1C[C@H](c2ccc3c(c2)OCO3)c2cc(O)ccc2O1. The molecule has 4 rings (SSSR count). The summed E-state index contributed by atoms with van der Waals surface area (Å²) in [5.74, 6) is 1.57. The van der Waals surface area contributed by atoms with Crippen LogP contribution in [0, 0.1) is 0 Å². The first kappa shape index (κ1) is 12.1. The molecular weight excluding hydrogens is 272 g/mol. The zero-order valence-corrected chi connectivity index (χ0v) is 11.0. The van der Waals surface area contributed by atoms with Gasteiger partial charge < -0.3 is 19.3 Å². The normalized spacial score (nSPS) is 19.0. The van der Waals surface area contributed by atoms with Gasteiger partial charge in [-0.15, -0.1) is 0 Å². The van der Waals surface area contributed by atoms with Gasteiger partial charge >= 0.3 is 5.97 Å². The van der Waals surface area contributed by atoms with E-state index in [-0.39, 0.29) is 30.9 Å². The van der Waals surface area contributed by atoms with E-state index in [2.05, 4.69) is 0 Å². The number of esters is 1. The van der Waals surface area contributed by atoms with Gasteiger partial charge in [-0.2, -0.15) is 0 Å². The quantitative estimate of drug-likeness (QED) is 0.644. The second-order valence-corrected chi connectivity index (χ2v) is 5.07. The molecule has 0 unspecified atom stereocenters. The Balaban J connectivity index is 1.82. The smallest absolute Gasteiger partial charge is 0.312 e. The lowest BCUT2D eigenvalue weighted by molar-refractivity contribution is -0.135. The maximum absolute atomic E-state index is 11.8. The summed E-state index contributed by atoms with van der Waals surface area (Å²) in [5, 5.41) is 9.69. The zero-order valence-electron chi connectivity index (χ0n) is 11.0. The summed E-state index contributed by atoms with van der Waals surface area (Å²) in [6.45, 7) is 0.211. The van der Waals surface area contributed by atoms with Crippen LogP contribution in [0.2, 0.25) is 0 Å². The molecule has 5 heteroatoms. The molecule has 21 heavy (non-hydrogen) atoms. The van der Waals surface area contributed by atoms with Crippen molar-refractivity contribution in [2.24, 2.45) is 0 Å². The van der Waals surface area contributed by atoms with Crippen LogP contribution in [0.15, 0.2) is 36.4 Å². The van der Waals surface area contributed by atoms with Gasteiger partial charge in [-0.3, -0.25) is 4.79 Å². The third kappa shape index (κ3) is 1.98. The number of rotatable bonds is 1. The first-order chi connectivity index (χ1) is 10.2. The number of carbonyl (C=O) groups is 1. The predicted molar refractivity (Wildman–Crippen MR) is 72.8 cm³/mol. The molecular formula is C16H12O5. The molecule has 1 N–H and O–H groups in total. The van der Waals surface area contributed by atoms with Gasteiger partial charge in [0, 0.05) is 11.5 Å². The fourth-order valence-electron chi connectivity index (χ4n) is 2.77. The van der Waals surface area contributed by atoms with Crippen LogP contribution in [0.4, 0.5) is 0 Å². The number of benzene rings is 2. The molecule has 0 aromatic heterocycles. The molecule has 2 aromatic carbocycles. The van der Waals surface area contributed by atoms with Gasteiger partial charge in [0.1, 0.15) is 11.5 Å². The summed E-state index contributed by atoms with van der Waals surface area (Å²) in [6.07, 6.45) is 0.232. The highest BCUT2D eigenvalue weighted by Gasteiger charge is 2.30. The van der Waals surface area contributed by atoms with E-state index in [0.717, 1.165) is 11.1 Å². The topological polar surface area (TPSA) is 65.0 Å². The Morgan fingerprint density at radius 3 is 2.71 bits per heavy atom. The van der Waals surface area contributed by atoms with Crippen molar-refractivity contribution in [3.8, 4) is 23.0 Å². The van der Waals surface area contributed by atoms with Crippen molar-refractivity contribution >= 4 is 5.97 Å². The molecule has 2 aromatic rings. The second kappa shape index (κ2) is 4.41. The number of carbonyl (C=O) groups excluding carboxylic acids is 1. The van der Waals surface area contributed by atoms with Gasteiger partial charge in [-0.05, 0) is 35.9 Å². The number of phenolic OH excluding ortho intramolecular Hbond substituents is 1. The minimum Gasteiger partial charge on any atom is -0.508 e. The van der Waals surface area contributed by atoms with Crippen LogP contribution in [0.25, 0.3) is 0 Å². The van der Waals surface area contributed by atoms with Crippen molar-refractivity contribution in [2.75, 3.05) is 6.79 Å². The van der Waals surface area contributed by atoms with Crippen molar-refractivity contribution in [3.63, 3.8) is 0 Å². The maximum Gasteiger partial charge on any atom is 0.312 e. The number of ether oxygens (including phenoxy) is 3. The number of hydrogen-bond acceptors (Lipinski definition) is 5. The molecule has 0 spiro atoms. The lowest BCUT2D eigenvalue weighted by Crippen LogP contribution is -2.20. The zero-order chi connectivity index (χ0) is 14.4. The molecule has 0 amide bonds. The summed E-state index contributed by atoms with van der Waals surface area (Å²) in [4.78, 5) is 11.8. The molecule has 106 valence electrons. The van der Waals surface area contributed by atoms with E-state index in [9.17, 15) is 9.90 Å². The molecule has 2 aliphatic heterocycles. The van der Waals surface area contributed by atoms with Crippen LogP contribution in [-0.4, -0.2) is 17.9 Å². The molecule has 0 fully saturated rings. The van der Waals surface area contributed by atoms with Crippen molar-refractivity contribution in [2.45, 2.75) is 12.3 Å². The average molecular weight is 284 g/mol. The molecule has 0 bridgehead atoms. The summed E-state index contributed by atoms with van der Waals surface area (Å²) in [7, 11) is 0. The molecule has 0 saturated carbocycles. The monoisotopic (exact) mass is 284 g/mol. The molecule has 0 saturated heterocycles. The Hall–Kier alpha value is -2.69. The van der Waals surface area contributed by atoms with Crippen molar-refractivity contribution in [3.05, 3.63) is 47.5 Å². The van der Waals surface area contributed by atoms with Crippen LogP contribution in [0.3, 0.4) is 0 Å². The minimum atomic E-state index is -0.282. The van der Waals surface area contributed by atoms with E-state index >= 15 is 0 Å². The van der Waals surface area contributed by atoms with Crippen LogP contribution >= 0.6 is 0 Å². The number of hydrogen-bond donors (Lipinski definition) is 1. The molecule has 2 aliphatic rings. The van der Waals surface area contributed by atoms with E-state index in [4.69, 9.17) is 14.2 Å². The van der Waals surface area contributed by atoms with Gasteiger partial charge in [0.15, 0.2) is 11.5 Å². The molecule has 5 nitrogen and oxygen atoms in total. The van der Waals surface area contributed by atoms with Gasteiger partial charge in [-0.1, -0.05) is 6.07 Å². The highest BCUT2D eigenvalue weighted by atomic mass is 16.7. The van der Waals surface area contributed by atoms with E-state index in [1.54, 1.807) is 12.1 Å². The Bertz CT molecular complexity index is 737. The Morgan fingerprint density at radius 1 is 1.00 bits per heavy atom. The maximum atomic E-state index is 11.8. The second-order valence-electron chi connectivity index (χ2n) is 5.07. The summed E-state index contributed by atoms with van der Waals surface area (Å²) < 4.78 is 15.9. The molecule has 0 aliphatic carbocycles. The fraction of sp³-hybridized carbons (Fsp3) is 0.188. The third-order valence-electron chi connectivity index (χ3n) is 3.76. The number of phenols is 1. The third-order valence-corrected chi connectivity index (χ3v) is 3.76. The van der Waals surface area contributed by atoms with E-state index in [1.165, 1.54) is 6.07 Å². The molecule has 1 atom stereocenters. The van der Waals surface area contributed by atoms with Crippen molar-refractivity contribution in [1.82, 2.24) is 0 Å². The molecule has 0 radical (unpaired) electrons. The Labute approximate surface area is 120 Å². The van der Waals surface area contributed by atoms with Crippen LogP contribution < -0.4 is 14.2 Å². The minimum absolute atomic E-state index is 0.150. The van der Waals surface area contributed by atoms with Gasteiger partial charge in [0.05, 0.1) is 6.42 Å². The van der Waals surface area contributed by atoms with Crippen LogP contribution in [-0.2, 0) is 4.79 Å². The highest BCUT2D eigenvalue weighted by Crippen LogP contribution is 2.43. The van der Waals surface area contributed by atoms with E-state index < -0.39 is 0 Å². The fourth-order valence-corrected chi connectivity index (χ4v) is 2.77. The number of aromatic hydroxyl groups is 1. The van der Waals surface area contributed by atoms with Gasteiger partial charge in [-0.25, -0.2) is 0 Å². The van der Waals surface area contributed by atoms with E-state index in [1.807, 2.05) is 18.2 Å². The highest BCUT2D eigenvalue weighted by molar-refractivity contribution is 5.78. The average Bonchev–Trinajstić information content (AvgIpc) is 2.94. The van der Waals surface area contributed by atoms with Crippen molar-refractivity contribution < 1.29 is 24.1 Å². The largest absolute Gasteiger partial charge is 0.508 e. The number of fused-ring (bicyclic) bond motifs is 2. The predicted octanol–water partition coefficient (Wildman–Crippen LogP) is 2.56.